The van der Waals surface area contributed by atoms with Gasteiger partial charge in [-0.05, 0) is 48.9 Å². The molecule has 10 heteroatoms. The maximum Gasteiger partial charge on any atom is 0.326 e. The number of amides is 3. The first-order valence-corrected chi connectivity index (χ1v) is 13.7. The van der Waals surface area contributed by atoms with E-state index in [1.54, 1.807) is 23.6 Å². The summed E-state index contributed by atoms with van der Waals surface area (Å²) >= 11 is 3.09. The molecule has 0 bridgehead atoms. The molecule has 5 rings (SSSR count). The van der Waals surface area contributed by atoms with Gasteiger partial charge in [0.1, 0.15) is 0 Å². The van der Waals surface area contributed by atoms with Gasteiger partial charge in [-0.25, -0.2) is 4.79 Å². The van der Waals surface area contributed by atoms with Crippen LogP contribution in [0.25, 0.3) is 0 Å². The Hall–Kier alpha value is -4.02. The van der Waals surface area contributed by atoms with E-state index in [0.29, 0.717) is 16.9 Å². The van der Waals surface area contributed by atoms with E-state index in [1.807, 2.05) is 66.8 Å². The summed E-state index contributed by atoms with van der Waals surface area (Å²) in [6, 6.07) is 19.3. The number of rotatable bonds is 6. The fourth-order valence-corrected chi connectivity index (χ4v) is 6.32. The van der Waals surface area contributed by atoms with Gasteiger partial charge in [0.25, 0.3) is 5.69 Å². The van der Waals surface area contributed by atoms with E-state index in [4.69, 9.17) is 0 Å². The van der Waals surface area contributed by atoms with Crippen LogP contribution in [0.5, 0.6) is 0 Å². The molecule has 3 aromatic rings. The van der Waals surface area contributed by atoms with Gasteiger partial charge in [0.2, 0.25) is 5.91 Å². The van der Waals surface area contributed by atoms with E-state index in [9.17, 15) is 19.7 Å². The first kappa shape index (κ1) is 25.6. The predicted octanol–water partition coefficient (Wildman–Crippen LogP) is 6.64. The van der Waals surface area contributed by atoms with Crippen molar-refractivity contribution >= 4 is 58.2 Å². The van der Waals surface area contributed by atoms with Crippen molar-refractivity contribution in [3.05, 3.63) is 107 Å². The summed E-state index contributed by atoms with van der Waals surface area (Å²) in [5.41, 5.74) is 2.64. The van der Waals surface area contributed by atoms with Crippen LogP contribution in [0.1, 0.15) is 5.56 Å². The molecule has 38 heavy (non-hydrogen) atoms. The number of allylic oxidation sites excluding steroid dienone is 2. The number of anilines is 3. The first-order chi connectivity index (χ1) is 18.4. The molecule has 0 saturated heterocycles. The molecule has 1 aliphatic heterocycles. The largest absolute Gasteiger partial charge is 0.326 e. The second-order valence-electron chi connectivity index (χ2n) is 8.73. The Morgan fingerprint density at radius 2 is 1.84 bits per heavy atom. The Bertz CT molecular complexity index is 1470. The van der Waals surface area contributed by atoms with Gasteiger partial charge in [-0.1, -0.05) is 42.5 Å². The highest BCUT2D eigenvalue weighted by Crippen LogP contribution is 2.43. The fraction of sp³-hybridized carbons (Fsp3) is 0.143. The van der Waals surface area contributed by atoms with E-state index in [1.165, 1.54) is 30.0 Å². The summed E-state index contributed by atoms with van der Waals surface area (Å²) < 4.78 is 0. The van der Waals surface area contributed by atoms with Crippen molar-refractivity contribution in [2.75, 3.05) is 21.3 Å². The van der Waals surface area contributed by atoms with Crippen molar-refractivity contribution in [3.63, 3.8) is 0 Å². The lowest BCUT2D eigenvalue weighted by molar-refractivity contribution is -0.384. The van der Waals surface area contributed by atoms with Gasteiger partial charge in [-0.2, -0.15) is 0 Å². The number of nitrogens with zero attached hydrogens (tertiary/aromatic N) is 2. The van der Waals surface area contributed by atoms with Crippen molar-refractivity contribution < 1.29 is 14.5 Å². The van der Waals surface area contributed by atoms with Crippen LogP contribution >= 0.6 is 23.5 Å². The quantitative estimate of drug-likeness (QED) is 0.205. The van der Waals surface area contributed by atoms with Crippen molar-refractivity contribution in [1.82, 2.24) is 0 Å². The van der Waals surface area contributed by atoms with Crippen molar-refractivity contribution in [2.24, 2.45) is 0 Å². The second-order valence-corrected chi connectivity index (χ2v) is 11.0. The van der Waals surface area contributed by atoms with Gasteiger partial charge < -0.3 is 10.6 Å². The molecule has 3 amide bonds. The summed E-state index contributed by atoms with van der Waals surface area (Å²) in [6.07, 6.45) is 8.14. The van der Waals surface area contributed by atoms with Crippen LogP contribution in [-0.4, -0.2) is 33.9 Å². The number of para-hydroxylation sites is 1. The molecule has 1 aliphatic carbocycles. The summed E-state index contributed by atoms with van der Waals surface area (Å²) in [5.74, 6) is -0.0854. The zero-order valence-corrected chi connectivity index (χ0v) is 22.0. The highest BCUT2D eigenvalue weighted by atomic mass is 32.2. The lowest BCUT2D eigenvalue weighted by atomic mass is 10.1. The van der Waals surface area contributed by atoms with Crippen molar-refractivity contribution in [2.45, 2.75) is 28.0 Å². The number of nitrogens with one attached hydrogen (secondary N) is 2. The fourth-order valence-electron chi connectivity index (χ4n) is 4.31. The average Bonchev–Trinajstić information content (AvgIpc) is 2.91. The number of non-ortho nitro benzene ring substituents is 1. The third-order valence-corrected chi connectivity index (χ3v) is 8.41. The molecule has 0 saturated carbocycles. The van der Waals surface area contributed by atoms with Crippen LogP contribution < -0.4 is 15.5 Å². The molecular weight excluding hydrogens is 520 g/mol. The van der Waals surface area contributed by atoms with Crippen molar-refractivity contribution in [1.29, 1.82) is 0 Å². The molecule has 2 unspecified atom stereocenters. The molecule has 0 radical (unpaired) electrons. The normalized spacial score (nSPS) is 17.3. The van der Waals surface area contributed by atoms with Crippen LogP contribution in [0.3, 0.4) is 0 Å². The Labute approximate surface area is 228 Å². The highest BCUT2D eigenvalue weighted by molar-refractivity contribution is 8.00. The Kier molecular flexibility index (Phi) is 7.52. The summed E-state index contributed by atoms with van der Waals surface area (Å²) in [7, 11) is 0. The number of nitro benzene ring substituents is 1. The molecular formula is C28H24N4O4S2. The third-order valence-electron chi connectivity index (χ3n) is 6.11. The third kappa shape index (κ3) is 5.61. The van der Waals surface area contributed by atoms with E-state index < -0.39 is 4.92 Å². The maximum absolute atomic E-state index is 13.5. The first-order valence-electron chi connectivity index (χ1n) is 11.9. The Morgan fingerprint density at radius 1 is 1.03 bits per heavy atom. The van der Waals surface area contributed by atoms with Gasteiger partial charge >= 0.3 is 6.03 Å². The smallest absolute Gasteiger partial charge is 0.325 e. The van der Waals surface area contributed by atoms with Gasteiger partial charge in [0, 0.05) is 33.3 Å². The van der Waals surface area contributed by atoms with Gasteiger partial charge in [0.15, 0.2) is 0 Å². The molecule has 0 spiro atoms. The van der Waals surface area contributed by atoms with Crippen LogP contribution in [0, 0.1) is 17.0 Å². The molecule has 192 valence electrons. The molecule has 8 nitrogen and oxygen atoms in total. The van der Waals surface area contributed by atoms with Gasteiger partial charge in [-0.15, -0.1) is 23.5 Å². The van der Waals surface area contributed by atoms with Gasteiger partial charge in [-0.3, -0.25) is 19.8 Å². The lowest BCUT2D eigenvalue weighted by Gasteiger charge is -2.40. The minimum Gasteiger partial charge on any atom is -0.325 e. The maximum atomic E-state index is 13.5. The van der Waals surface area contributed by atoms with Crippen LogP contribution in [0.15, 0.2) is 101 Å². The van der Waals surface area contributed by atoms with Crippen molar-refractivity contribution in [3.8, 4) is 0 Å². The summed E-state index contributed by atoms with van der Waals surface area (Å²) in [5, 5.41) is 16.9. The molecule has 3 aromatic carbocycles. The van der Waals surface area contributed by atoms with E-state index in [0.717, 1.165) is 15.5 Å². The summed E-state index contributed by atoms with van der Waals surface area (Å²) in [6.45, 7) is 1.71. The number of hydrogen-bond donors (Lipinski definition) is 2. The number of nitro groups is 1. The van der Waals surface area contributed by atoms with E-state index >= 15 is 0 Å². The molecule has 2 N–H and O–H groups in total. The SMILES string of the molecule is Cc1cc([N+](=O)[O-])ccc1NC(=O)CSc1cccc(NC(=O)N2c3ccccc3SC3C=CC=CC32)c1. The zero-order valence-electron chi connectivity index (χ0n) is 20.4. The Morgan fingerprint density at radius 3 is 2.66 bits per heavy atom. The van der Waals surface area contributed by atoms with E-state index in [2.05, 4.69) is 16.7 Å². The lowest BCUT2D eigenvalue weighted by Crippen LogP contribution is -2.49. The minimum atomic E-state index is -0.468. The topological polar surface area (TPSA) is 105 Å². The van der Waals surface area contributed by atoms with E-state index in [-0.39, 0.29) is 34.7 Å². The number of carbonyl (C=O) groups excluding carboxylic acids is 2. The van der Waals surface area contributed by atoms with Crippen LogP contribution in [-0.2, 0) is 4.79 Å². The van der Waals surface area contributed by atoms with Gasteiger partial charge in [0.05, 0.1) is 27.7 Å². The number of benzene rings is 3. The number of fused-ring (bicyclic) bond motifs is 2. The van der Waals surface area contributed by atoms with Crippen LogP contribution in [0.4, 0.5) is 27.5 Å². The molecule has 2 atom stereocenters. The number of hydrogen-bond acceptors (Lipinski definition) is 6. The Balaban J connectivity index is 1.24. The zero-order chi connectivity index (χ0) is 26.6. The molecule has 0 fully saturated rings. The number of thioether (sulfide) groups is 2. The highest BCUT2D eigenvalue weighted by Gasteiger charge is 2.36. The predicted molar refractivity (Wildman–Crippen MR) is 153 cm³/mol. The summed E-state index contributed by atoms with van der Waals surface area (Å²) in [4.78, 5) is 40.2. The average molecular weight is 545 g/mol. The monoisotopic (exact) mass is 544 g/mol. The second kappa shape index (κ2) is 11.2. The van der Waals surface area contributed by atoms with Crippen LogP contribution in [0.2, 0.25) is 0 Å². The number of urea groups is 1. The minimum absolute atomic E-state index is 0.0213. The molecule has 2 aliphatic rings. The number of carbonyl (C=O) groups is 2. The molecule has 1 heterocycles. The number of aryl methyl sites for hydroxylation is 1. The standard InChI is InChI=1S/C28H24N4O4S2/c1-18-15-20(32(35)36)13-14-22(18)30-27(33)17-37-21-8-6-7-19(16-21)29-28(34)31-23-9-2-4-11-25(23)38-26-12-5-3-10-24(26)31/h2-16,23,25H,17H2,1H3,(H,29,34)(H,30,33). The molecule has 0 aromatic heterocycles.